The number of benzene rings is 2. The van der Waals surface area contributed by atoms with Gasteiger partial charge in [0.2, 0.25) is 17.4 Å². The largest absolute Gasteiger partial charge is 0.460 e. The number of rotatable bonds is 6. The van der Waals surface area contributed by atoms with Gasteiger partial charge in [-0.25, -0.2) is 0 Å². The summed E-state index contributed by atoms with van der Waals surface area (Å²) in [4.78, 5) is 12.8. The highest BCUT2D eigenvalue weighted by Crippen LogP contribution is 2.32. The predicted octanol–water partition coefficient (Wildman–Crippen LogP) is 2.56. The third kappa shape index (κ3) is 3.88. The zero-order valence-corrected chi connectivity index (χ0v) is 14.4. The predicted molar refractivity (Wildman–Crippen MR) is 96.0 cm³/mol. The van der Waals surface area contributed by atoms with Crippen molar-refractivity contribution in [3.8, 4) is 0 Å². The number of ketones is 1. The first-order valence-corrected chi connectivity index (χ1v) is 8.96. The molecule has 0 aliphatic carbocycles. The van der Waals surface area contributed by atoms with Crippen molar-refractivity contribution in [2.45, 2.75) is 25.2 Å². The Bertz CT molecular complexity index is 1250. The van der Waals surface area contributed by atoms with Crippen molar-refractivity contribution in [3.05, 3.63) is 82.8 Å². The van der Waals surface area contributed by atoms with Crippen molar-refractivity contribution in [1.82, 2.24) is 0 Å². The summed E-state index contributed by atoms with van der Waals surface area (Å²) >= 11 is 0. The lowest BCUT2D eigenvalue weighted by atomic mass is 10.0. The monoisotopic (exact) mass is 380 g/mol. The molecule has 2 N–H and O–H groups in total. The van der Waals surface area contributed by atoms with Gasteiger partial charge in [-0.1, -0.05) is 61.4 Å². The smallest absolute Gasteiger partial charge is 0.313 e. The molecule has 1 atom stereocenters. The van der Waals surface area contributed by atoms with Crippen molar-refractivity contribution in [2.24, 2.45) is 5.73 Å². The van der Waals surface area contributed by atoms with E-state index in [9.17, 15) is 13.2 Å². The Morgan fingerprint density at radius 3 is 2.46 bits per heavy atom. The van der Waals surface area contributed by atoms with Gasteiger partial charge in [-0.05, 0) is 17.5 Å². The standard InChI is InChI=1S/C19H19NO5S/c1-2-13-8-10-15(11-9-13)17-16(21)18(19(20)24-17)25-26(22,23)12-14-6-4-3-5-7-14/h3-11,17H,2,12,20H2,1H3/i3D,4D,5D,6D,7D,12D2. The van der Waals surface area contributed by atoms with Gasteiger partial charge < -0.3 is 14.7 Å². The summed E-state index contributed by atoms with van der Waals surface area (Å²) in [5.41, 5.74) is 2.19. The van der Waals surface area contributed by atoms with Gasteiger partial charge in [-0.2, -0.15) is 8.42 Å². The van der Waals surface area contributed by atoms with Crippen LogP contribution in [0.5, 0.6) is 0 Å². The number of Topliss-reactive ketones (excluding diaryl/α,β-unsaturated/α-hetero) is 1. The molecule has 0 bridgehead atoms. The fourth-order valence-corrected chi connectivity index (χ4v) is 3.04. The van der Waals surface area contributed by atoms with Crippen LogP contribution in [0.2, 0.25) is 0 Å². The van der Waals surface area contributed by atoms with Gasteiger partial charge >= 0.3 is 10.1 Å². The van der Waals surface area contributed by atoms with E-state index >= 15 is 0 Å². The van der Waals surface area contributed by atoms with E-state index in [0.717, 1.165) is 12.0 Å². The van der Waals surface area contributed by atoms with Gasteiger partial charge in [0.25, 0.3) is 0 Å². The number of nitrogens with two attached hydrogens (primary N) is 1. The van der Waals surface area contributed by atoms with Crippen LogP contribution in [0.25, 0.3) is 0 Å². The second-order valence-corrected chi connectivity index (χ2v) is 6.57. The number of carbonyl (C=O) groups is 1. The summed E-state index contributed by atoms with van der Waals surface area (Å²) in [6.07, 6.45) is -0.563. The summed E-state index contributed by atoms with van der Waals surface area (Å²) in [6, 6.07) is 1.86. The summed E-state index contributed by atoms with van der Waals surface area (Å²) in [7, 11) is -5.44. The molecule has 2 aromatic carbocycles. The molecule has 1 heterocycles. The minimum Gasteiger partial charge on any atom is -0.460 e. The Morgan fingerprint density at radius 2 is 1.85 bits per heavy atom. The normalized spacial score (nSPS) is 21.7. The second kappa shape index (κ2) is 7.21. The van der Waals surface area contributed by atoms with Crippen molar-refractivity contribution in [1.29, 1.82) is 0 Å². The van der Waals surface area contributed by atoms with Gasteiger partial charge in [-0.15, -0.1) is 0 Å². The summed E-state index contributed by atoms with van der Waals surface area (Å²) in [5.74, 6) is -2.63. The lowest BCUT2D eigenvalue weighted by Gasteiger charge is -2.10. The third-order valence-corrected chi connectivity index (χ3v) is 4.38. The van der Waals surface area contributed by atoms with E-state index in [1.807, 2.05) is 6.92 Å². The molecule has 1 aliphatic heterocycles. The SMILES string of the molecule is [2H]c1c([2H])c([2H])c(C([2H])([2H])S(=O)(=O)OC2=C(N)OC(c3ccc(CC)cc3)C2=O)c([2H])c1[2H]. The highest BCUT2D eigenvalue weighted by molar-refractivity contribution is 7.86. The molecule has 0 spiro atoms. The van der Waals surface area contributed by atoms with Gasteiger partial charge in [0.15, 0.2) is 6.10 Å². The topological polar surface area (TPSA) is 95.7 Å². The fraction of sp³-hybridized carbons (Fsp3) is 0.211. The average molecular weight is 380 g/mol. The van der Waals surface area contributed by atoms with Crippen LogP contribution in [0.15, 0.2) is 66.1 Å². The number of aryl methyl sites for hydroxylation is 1. The maximum Gasteiger partial charge on any atom is 0.313 e. The summed E-state index contributed by atoms with van der Waals surface area (Å²) in [5, 5.41) is 0. The van der Waals surface area contributed by atoms with Crippen LogP contribution < -0.4 is 5.73 Å². The second-order valence-electron chi connectivity index (χ2n) is 5.29. The van der Waals surface area contributed by atoms with E-state index in [-0.39, 0.29) is 0 Å². The number of hydrogen-bond donors (Lipinski definition) is 1. The molecule has 0 fully saturated rings. The first kappa shape index (κ1) is 11.0. The lowest BCUT2D eigenvalue weighted by molar-refractivity contribution is -0.123. The molecule has 0 amide bonds. The number of carbonyl (C=O) groups excluding carboxylic acids is 1. The molecule has 26 heavy (non-hydrogen) atoms. The highest BCUT2D eigenvalue weighted by Gasteiger charge is 2.39. The van der Waals surface area contributed by atoms with Crippen molar-refractivity contribution in [2.75, 3.05) is 0 Å². The molecule has 0 radical (unpaired) electrons. The van der Waals surface area contributed by atoms with Gasteiger partial charge in [0.05, 0.1) is 9.60 Å². The maximum atomic E-state index is 12.8. The van der Waals surface area contributed by atoms with E-state index in [0.29, 0.717) is 5.56 Å². The molecule has 0 saturated heterocycles. The first-order valence-electron chi connectivity index (χ1n) is 11.1. The van der Waals surface area contributed by atoms with Crippen molar-refractivity contribution in [3.63, 3.8) is 0 Å². The quantitative estimate of drug-likeness (QED) is 0.774. The van der Waals surface area contributed by atoms with E-state index in [1.165, 1.54) is 0 Å². The molecule has 7 heteroatoms. The third-order valence-electron chi connectivity index (χ3n) is 3.54. The van der Waals surface area contributed by atoms with Gasteiger partial charge in [-0.3, -0.25) is 4.79 Å². The molecular weight excluding hydrogens is 354 g/mol. The van der Waals surface area contributed by atoms with E-state index < -0.39 is 75.1 Å². The van der Waals surface area contributed by atoms with Crippen LogP contribution in [-0.2, 0) is 36.0 Å². The Labute approximate surface area is 162 Å². The lowest BCUT2D eigenvalue weighted by Crippen LogP contribution is -2.16. The molecule has 2 aromatic rings. The maximum absolute atomic E-state index is 12.8. The van der Waals surface area contributed by atoms with Gasteiger partial charge in [0, 0.05) is 5.56 Å². The Kier molecular flexibility index (Phi) is 3.06. The Balaban J connectivity index is 1.97. The van der Waals surface area contributed by atoms with Crippen LogP contribution in [0.3, 0.4) is 0 Å². The first-order chi connectivity index (χ1) is 15.2. The van der Waals surface area contributed by atoms with E-state index in [1.54, 1.807) is 24.3 Å². The molecule has 1 unspecified atom stereocenters. The average Bonchev–Trinajstić information content (AvgIpc) is 3.04. The Hall–Kier alpha value is -2.80. The summed E-state index contributed by atoms with van der Waals surface area (Å²) < 4.78 is 90.2. The molecule has 0 saturated carbocycles. The molecule has 0 aromatic heterocycles. The zero-order chi connectivity index (χ0) is 24.9. The number of hydrogen-bond acceptors (Lipinski definition) is 6. The van der Waals surface area contributed by atoms with E-state index in [2.05, 4.69) is 0 Å². The zero-order valence-electron chi connectivity index (χ0n) is 20.6. The van der Waals surface area contributed by atoms with Crippen molar-refractivity contribution < 1.29 is 31.7 Å². The van der Waals surface area contributed by atoms with Crippen LogP contribution in [0.1, 0.15) is 39.3 Å². The van der Waals surface area contributed by atoms with Gasteiger partial charge in [0.1, 0.15) is 5.70 Å². The fourth-order valence-electron chi connectivity index (χ4n) is 2.26. The van der Waals surface area contributed by atoms with E-state index in [4.69, 9.17) is 24.2 Å². The van der Waals surface area contributed by atoms with Crippen LogP contribution in [-0.4, -0.2) is 14.2 Å². The molecule has 3 rings (SSSR count). The van der Waals surface area contributed by atoms with Crippen LogP contribution in [0.4, 0.5) is 0 Å². The minimum absolute atomic E-state index is 0.366. The van der Waals surface area contributed by atoms with Crippen molar-refractivity contribution >= 4 is 15.9 Å². The minimum atomic E-state index is -5.44. The molecule has 1 aliphatic rings. The summed E-state index contributed by atoms with van der Waals surface area (Å²) in [6.45, 7) is 1.94. The number of ether oxygens (including phenoxy) is 1. The Morgan fingerprint density at radius 1 is 1.19 bits per heavy atom. The van der Waals surface area contributed by atoms with Crippen LogP contribution >= 0.6 is 0 Å². The highest BCUT2D eigenvalue weighted by atomic mass is 32.2. The molecule has 136 valence electrons. The molecule has 6 nitrogen and oxygen atoms in total. The molecular formula is C19H19NO5S. The van der Waals surface area contributed by atoms with Crippen LogP contribution in [0, 0.1) is 0 Å².